The largest absolute Gasteiger partial charge is 0.490 e. The van der Waals surface area contributed by atoms with Crippen molar-refractivity contribution in [2.24, 2.45) is 0 Å². The van der Waals surface area contributed by atoms with E-state index in [1.807, 2.05) is 13.8 Å². The first-order chi connectivity index (χ1) is 17.3. The molecule has 1 aliphatic heterocycles. The number of hydrogen-bond acceptors (Lipinski definition) is 6. The topological polar surface area (TPSA) is 94.2 Å². The van der Waals surface area contributed by atoms with E-state index in [1.54, 1.807) is 18.2 Å². The van der Waals surface area contributed by atoms with Crippen molar-refractivity contribution < 1.29 is 28.6 Å². The molecular weight excluding hydrogens is 507 g/mol. The summed E-state index contributed by atoms with van der Waals surface area (Å²) in [5.41, 5.74) is 0.717. The van der Waals surface area contributed by atoms with Crippen LogP contribution >= 0.6 is 23.2 Å². The predicted molar refractivity (Wildman–Crippen MR) is 136 cm³/mol. The fourth-order valence-electron chi connectivity index (χ4n) is 3.35. The number of nitrogens with one attached hydrogen (secondary N) is 1. The van der Waals surface area contributed by atoms with Gasteiger partial charge >= 0.3 is 6.03 Å². The Morgan fingerprint density at radius 1 is 1.03 bits per heavy atom. The van der Waals surface area contributed by atoms with Gasteiger partial charge in [0, 0.05) is 0 Å². The molecule has 188 valence electrons. The molecule has 0 aliphatic carbocycles. The molecule has 1 heterocycles. The molecule has 0 saturated carbocycles. The van der Waals surface area contributed by atoms with Crippen LogP contribution in [-0.2, 0) is 16.1 Å². The number of terminal acetylenes is 1. The maximum atomic E-state index is 13.2. The highest BCUT2D eigenvalue weighted by Gasteiger charge is 2.36. The van der Waals surface area contributed by atoms with Crippen molar-refractivity contribution in [1.82, 2.24) is 10.2 Å². The molecule has 0 radical (unpaired) electrons. The first-order valence-corrected chi connectivity index (χ1v) is 11.9. The summed E-state index contributed by atoms with van der Waals surface area (Å²) in [6, 6.07) is 7.25. The lowest BCUT2D eigenvalue weighted by Gasteiger charge is -2.26. The Kier molecular flexibility index (Phi) is 9.23. The monoisotopic (exact) mass is 530 g/mol. The molecule has 0 aromatic heterocycles. The number of urea groups is 1. The van der Waals surface area contributed by atoms with E-state index in [2.05, 4.69) is 11.2 Å². The minimum absolute atomic E-state index is 0.0332. The second-order valence-corrected chi connectivity index (χ2v) is 8.39. The van der Waals surface area contributed by atoms with Gasteiger partial charge in [0.2, 0.25) is 0 Å². The number of barbiturate groups is 1. The summed E-state index contributed by atoms with van der Waals surface area (Å²) >= 11 is 12.5. The lowest BCUT2D eigenvalue weighted by Crippen LogP contribution is -2.53. The van der Waals surface area contributed by atoms with Gasteiger partial charge in [-0.2, -0.15) is 0 Å². The van der Waals surface area contributed by atoms with E-state index in [0.717, 1.165) is 11.3 Å². The zero-order valence-electron chi connectivity index (χ0n) is 19.7. The Morgan fingerprint density at radius 2 is 1.75 bits per heavy atom. The SMILES string of the molecule is C#CCOc1c(Cl)cc(/C=C2\C(=O)NC(=O)N(Cc3ccc(OCCC)c(OCC)c3)C2=O)cc1Cl. The Balaban J connectivity index is 1.88. The van der Waals surface area contributed by atoms with E-state index in [0.29, 0.717) is 35.8 Å². The number of carbonyl (C=O) groups is 3. The number of amides is 4. The highest BCUT2D eigenvalue weighted by atomic mass is 35.5. The van der Waals surface area contributed by atoms with Crippen molar-refractivity contribution in [1.29, 1.82) is 0 Å². The summed E-state index contributed by atoms with van der Waals surface area (Å²) in [6.45, 7) is 4.64. The predicted octanol–water partition coefficient (Wildman–Crippen LogP) is 4.85. The van der Waals surface area contributed by atoms with Gasteiger partial charge in [-0.1, -0.05) is 42.1 Å². The fraction of sp³-hybridized carbons (Fsp3) is 0.269. The molecule has 2 aromatic carbocycles. The van der Waals surface area contributed by atoms with E-state index in [-0.39, 0.29) is 34.5 Å². The number of nitrogens with zero attached hydrogens (tertiary/aromatic N) is 1. The number of hydrogen-bond donors (Lipinski definition) is 1. The third-order valence-electron chi connectivity index (χ3n) is 4.93. The minimum Gasteiger partial charge on any atom is -0.490 e. The quantitative estimate of drug-likeness (QED) is 0.268. The van der Waals surface area contributed by atoms with Crippen LogP contribution in [0.15, 0.2) is 35.9 Å². The molecule has 10 heteroatoms. The van der Waals surface area contributed by atoms with Gasteiger partial charge in [-0.15, -0.1) is 6.42 Å². The molecule has 3 rings (SSSR count). The van der Waals surface area contributed by atoms with Crippen LogP contribution in [-0.4, -0.2) is 42.6 Å². The van der Waals surface area contributed by atoms with Crippen LogP contribution in [0.2, 0.25) is 10.0 Å². The summed E-state index contributed by atoms with van der Waals surface area (Å²) in [5.74, 6) is 1.96. The molecule has 2 aromatic rings. The van der Waals surface area contributed by atoms with Crippen LogP contribution in [0.5, 0.6) is 17.2 Å². The van der Waals surface area contributed by atoms with Gasteiger partial charge in [-0.25, -0.2) is 4.79 Å². The number of rotatable bonds is 10. The van der Waals surface area contributed by atoms with Crippen LogP contribution in [0.4, 0.5) is 4.79 Å². The fourth-order valence-corrected chi connectivity index (χ4v) is 3.96. The Labute approximate surface area is 219 Å². The minimum atomic E-state index is -0.834. The molecule has 0 spiro atoms. The van der Waals surface area contributed by atoms with Gasteiger partial charge in [0.25, 0.3) is 11.8 Å². The van der Waals surface area contributed by atoms with Gasteiger partial charge in [-0.3, -0.25) is 19.8 Å². The van der Waals surface area contributed by atoms with Crippen LogP contribution in [0.1, 0.15) is 31.4 Å². The smallest absolute Gasteiger partial charge is 0.331 e. The number of benzene rings is 2. The zero-order valence-corrected chi connectivity index (χ0v) is 21.2. The molecule has 0 atom stereocenters. The summed E-state index contributed by atoms with van der Waals surface area (Å²) < 4.78 is 16.7. The standard InChI is InChI=1S/C26H24Cl2N2O6/c1-4-9-35-21-8-7-16(14-22(21)34-6-3)15-30-25(32)18(24(31)29-26(30)33)11-17-12-19(27)23(20(28)13-17)36-10-5-2/h2,7-8,11-14H,4,6,9-10,15H2,1,3H3,(H,29,31,33)/b18-11+. The van der Waals surface area contributed by atoms with Gasteiger partial charge in [0.1, 0.15) is 12.2 Å². The lowest BCUT2D eigenvalue weighted by atomic mass is 10.1. The molecule has 36 heavy (non-hydrogen) atoms. The summed E-state index contributed by atoms with van der Waals surface area (Å²) in [7, 11) is 0. The van der Waals surface area contributed by atoms with Crippen molar-refractivity contribution in [2.75, 3.05) is 19.8 Å². The summed E-state index contributed by atoms with van der Waals surface area (Å²) in [6.07, 6.45) is 7.32. The highest BCUT2D eigenvalue weighted by Crippen LogP contribution is 2.35. The molecule has 0 bridgehead atoms. The Hall–Kier alpha value is -3.67. The average molecular weight is 531 g/mol. The van der Waals surface area contributed by atoms with Crippen LogP contribution in [0, 0.1) is 12.3 Å². The first kappa shape index (κ1) is 26.9. The normalized spacial score (nSPS) is 14.5. The molecular formula is C26H24Cl2N2O6. The number of carbonyl (C=O) groups excluding carboxylic acids is 3. The van der Waals surface area contributed by atoms with Crippen LogP contribution in [0.25, 0.3) is 6.08 Å². The van der Waals surface area contributed by atoms with Crippen molar-refractivity contribution in [3.05, 3.63) is 57.1 Å². The van der Waals surface area contributed by atoms with Crippen LogP contribution < -0.4 is 19.5 Å². The molecule has 4 amide bonds. The Morgan fingerprint density at radius 3 is 2.39 bits per heavy atom. The molecule has 8 nitrogen and oxygen atoms in total. The third kappa shape index (κ3) is 6.30. The van der Waals surface area contributed by atoms with Crippen molar-refractivity contribution >= 4 is 47.1 Å². The first-order valence-electron chi connectivity index (χ1n) is 11.1. The number of ether oxygens (including phenoxy) is 3. The molecule has 1 N–H and O–H groups in total. The van der Waals surface area contributed by atoms with E-state index in [1.165, 1.54) is 18.2 Å². The third-order valence-corrected chi connectivity index (χ3v) is 5.49. The highest BCUT2D eigenvalue weighted by molar-refractivity contribution is 6.37. The maximum Gasteiger partial charge on any atom is 0.331 e. The van der Waals surface area contributed by atoms with Crippen molar-refractivity contribution in [3.8, 4) is 29.6 Å². The maximum absolute atomic E-state index is 13.2. The second kappa shape index (κ2) is 12.3. The van der Waals surface area contributed by atoms with E-state index in [9.17, 15) is 14.4 Å². The molecule has 1 saturated heterocycles. The molecule has 1 aliphatic rings. The van der Waals surface area contributed by atoms with E-state index < -0.39 is 17.8 Å². The summed E-state index contributed by atoms with van der Waals surface area (Å²) in [5, 5.41) is 2.48. The van der Waals surface area contributed by atoms with Crippen LogP contribution in [0.3, 0.4) is 0 Å². The number of imide groups is 2. The molecule has 0 unspecified atom stereocenters. The summed E-state index contributed by atoms with van der Waals surface area (Å²) in [4.78, 5) is 39.1. The lowest BCUT2D eigenvalue weighted by molar-refractivity contribution is -0.130. The van der Waals surface area contributed by atoms with Crippen molar-refractivity contribution in [3.63, 3.8) is 0 Å². The van der Waals surface area contributed by atoms with Gasteiger partial charge in [0.05, 0.1) is 29.8 Å². The number of halogens is 2. The van der Waals surface area contributed by atoms with Crippen molar-refractivity contribution in [2.45, 2.75) is 26.8 Å². The average Bonchev–Trinajstić information content (AvgIpc) is 2.83. The second-order valence-electron chi connectivity index (χ2n) is 7.58. The van der Waals surface area contributed by atoms with Gasteiger partial charge in [0.15, 0.2) is 17.2 Å². The Bertz CT molecular complexity index is 1230. The van der Waals surface area contributed by atoms with E-state index in [4.69, 9.17) is 43.8 Å². The molecule has 1 fully saturated rings. The van der Waals surface area contributed by atoms with E-state index >= 15 is 0 Å². The zero-order chi connectivity index (χ0) is 26.2. The van der Waals surface area contributed by atoms with Gasteiger partial charge in [-0.05, 0) is 54.8 Å². The van der Waals surface area contributed by atoms with Gasteiger partial charge < -0.3 is 14.2 Å².